The number of nitrogens with zero attached hydrogens (tertiary/aromatic N) is 6. The summed E-state index contributed by atoms with van der Waals surface area (Å²) < 4.78 is 3.66. The maximum Gasteiger partial charge on any atom is 0.163 e. The Morgan fingerprint density at radius 2 is 2.00 bits per heavy atom. The molecule has 2 N–H and O–H groups in total. The molecule has 7 nitrogen and oxygen atoms in total. The van der Waals surface area contributed by atoms with Crippen molar-refractivity contribution >= 4 is 16.9 Å². The van der Waals surface area contributed by atoms with Crippen LogP contribution in [0.15, 0.2) is 12.3 Å². The molecule has 3 rings (SSSR count). The van der Waals surface area contributed by atoms with Crippen molar-refractivity contribution in [2.75, 3.05) is 5.73 Å². The molecule has 0 aromatic carbocycles. The third kappa shape index (κ3) is 2.35. The van der Waals surface area contributed by atoms with Crippen LogP contribution in [0.1, 0.15) is 31.1 Å². The lowest BCUT2D eigenvalue weighted by molar-refractivity contribution is 0.617. The van der Waals surface area contributed by atoms with E-state index in [1.165, 1.54) is 5.69 Å². The number of nitrogens with two attached hydrogens (primary N) is 1. The van der Waals surface area contributed by atoms with Crippen LogP contribution in [-0.4, -0.2) is 29.5 Å². The van der Waals surface area contributed by atoms with Crippen molar-refractivity contribution in [1.82, 2.24) is 29.5 Å². The van der Waals surface area contributed by atoms with Crippen LogP contribution in [0.3, 0.4) is 0 Å². The van der Waals surface area contributed by atoms with E-state index in [-0.39, 0.29) is 0 Å². The Kier molecular flexibility index (Phi) is 3.32. The standard InChI is InChI=1S/C14H19N7/c1-4-9-6-10(5-2)21(19-9)8-12-17-13(15)11-7-16-20(3)14(11)18-12/h6-7H,4-5,8H2,1-3H3,(H2,15,17,18). The zero-order chi connectivity index (χ0) is 15.0. The summed E-state index contributed by atoms with van der Waals surface area (Å²) >= 11 is 0. The van der Waals surface area contributed by atoms with E-state index >= 15 is 0 Å². The Bertz CT molecular complexity index is 784. The Balaban J connectivity index is 2.01. The van der Waals surface area contributed by atoms with Crippen LogP contribution in [0.5, 0.6) is 0 Å². The first kappa shape index (κ1) is 13.5. The summed E-state index contributed by atoms with van der Waals surface area (Å²) in [5, 5.41) is 9.54. The fraction of sp³-hybridized carbons (Fsp3) is 0.429. The van der Waals surface area contributed by atoms with Crippen molar-refractivity contribution in [3.8, 4) is 0 Å². The van der Waals surface area contributed by atoms with Crippen LogP contribution >= 0.6 is 0 Å². The first-order chi connectivity index (χ1) is 10.1. The number of nitrogen functional groups attached to an aromatic ring is 1. The molecule has 0 spiro atoms. The minimum atomic E-state index is 0.462. The van der Waals surface area contributed by atoms with Gasteiger partial charge in [-0.2, -0.15) is 10.2 Å². The first-order valence-corrected chi connectivity index (χ1v) is 7.12. The van der Waals surface area contributed by atoms with Crippen LogP contribution in [0.4, 0.5) is 5.82 Å². The van der Waals surface area contributed by atoms with Gasteiger partial charge in [-0.25, -0.2) is 9.97 Å². The minimum Gasteiger partial charge on any atom is -0.383 e. The van der Waals surface area contributed by atoms with Gasteiger partial charge < -0.3 is 5.73 Å². The summed E-state index contributed by atoms with van der Waals surface area (Å²) in [4.78, 5) is 8.92. The number of rotatable bonds is 4. The van der Waals surface area contributed by atoms with Crippen molar-refractivity contribution in [3.05, 3.63) is 29.5 Å². The van der Waals surface area contributed by atoms with E-state index in [2.05, 4.69) is 40.1 Å². The second kappa shape index (κ2) is 5.16. The first-order valence-electron chi connectivity index (χ1n) is 7.12. The topological polar surface area (TPSA) is 87.4 Å². The highest BCUT2D eigenvalue weighted by Crippen LogP contribution is 2.17. The number of aromatic nitrogens is 6. The molecular weight excluding hydrogens is 266 g/mol. The zero-order valence-electron chi connectivity index (χ0n) is 12.5. The largest absolute Gasteiger partial charge is 0.383 e. The van der Waals surface area contributed by atoms with E-state index < -0.39 is 0 Å². The van der Waals surface area contributed by atoms with Gasteiger partial charge >= 0.3 is 0 Å². The number of aryl methyl sites for hydroxylation is 3. The molecular formula is C14H19N7. The molecule has 0 aliphatic rings. The molecule has 0 aliphatic carbocycles. The normalized spacial score (nSPS) is 11.4. The van der Waals surface area contributed by atoms with Crippen LogP contribution in [0.25, 0.3) is 11.0 Å². The van der Waals surface area contributed by atoms with Gasteiger partial charge in [-0.1, -0.05) is 13.8 Å². The molecule has 3 aromatic heterocycles. The quantitative estimate of drug-likeness (QED) is 0.781. The Morgan fingerprint density at radius 1 is 1.19 bits per heavy atom. The molecule has 0 unspecified atom stereocenters. The molecule has 110 valence electrons. The van der Waals surface area contributed by atoms with Crippen LogP contribution < -0.4 is 5.73 Å². The highest BCUT2D eigenvalue weighted by molar-refractivity contribution is 5.84. The monoisotopic (exact) mass is 285 g/mol. The molecule has 7 heteroatoms. The van der Waals surface area contributed by atoms with Gasteiger partial charge in [0.1, 0.15) is 12.4 Å². The summed E-state index contributed by atoms with van der Waals surface area (Å²) in [5.74, 6) is 1.12. The summed E-state index contributed by atoms with van der Waals surface area (Å²) in [6.45, 7) is 4.74. The highest BCUT2D eigenvalue weighted by Gasteiger charge is 2.12. The molecule has 0 saturated heterocycles. The van der Waals surface area contributed by atoms with Crippen molar-refractivity contribution in [2.45, 2.75) is 33.2 Å². The summed E-state index contributed by atoms with van der Waals surface area (Å²) in [6, 6.07) is 2.13. The highest BCUT2D eigenvalue weighted by atomic mass is 15.3. The van der Waals surface area contributed by atoms with Crippen LogP contribution in [0, 0.1) is 0 Å². The fourth-order valence-electron chi connectivity index (χ4n) is 2.40. The number of hydrogen-bond donors (Lipinski definition) is 1. The molecule has 0 bridgehead atoms. The predicted octanol–water partition coefficient (Wildman–Crippen LogP) is 1.32. The number of hydrogen-bond acceptors (Lipinski definition) is 5. The van der Waals surface area contributed by atoms with Gasteiger partial charge in [-0.05, 0) is 18.9 Å². The fourth-order valence-corrected chi connectivity index (χ4v) is 2.40. The SMILES string of the molecule is CCc1cc(CC)n(Cc2nc(N)c3cnn(C)c3n2)n1. The van der Waals surface area contributed by atoms with E-state index in [0.717, 1.165) is 29.6 Å². The Hall–Kier alpha value is -2.44. The van der Waals surface area contributed by atoms with E-state index in [0.29, 0.717) is 18.2 Å². The van der Waals surface area contributed by atoms with Crippen molar-refractivity contribution in [1.29, 1.82) is 0 Å². The second-order valence-electron chi connectivity index (χ2n) is 5.02. The lowest BCUT2D eigenvalue weighted by Crippen LogP contribution is -2.11. The zero-order valence-corrected chi connectivity index (χ0v) is 12.5. The van der Waals surface area contributed by atoms with E-state index in [9.17, 15) is 0 Å². The van der Waals surface area contributed by atoms with E-state index in [1.54, 1.807) is 10.9 Å². The third-order valence-electron chi connectivity index (χ3n) is 3.60. The molecule has 0 atom stereocenters. The van der Waals surface area contributed by atoms with E-state index in [1.807, 2.05) is 11.7 Å². The molecule has 0 saturated carbocycles. The van der Waals surface area contributed by atoms with Crippen molar-refractivity contribution in [2.24, 2.45) is 7.05 Å². The second-order valence-corrected chi connectivity index (χ2v) is 5.02. The molecule has 21 heavy (non-hydrogen) atoms. The molecule has 3 heterocycles. The lowest BCUT2D eigenvalue weighted by Gasteiger charge is -2.06. The maximum absolute atomic E-state index is 5.99. The van der Waals surface area contributed by atoms with Crippen LogP contribution in [0.2, 0.25) is 0 Å². The van der Waals surface area contributed by atoms with Gasteiger partial charge in [0, 0.05) is 12.7 Å². The molecule has 0 radical (unpaired) electrons. The van der Waals surface area contributed by atoms with E-state index in [4.69, 9.17) is 5.73 Å². The van der Waals surface area contributed by atoms with Gasteiger partial charge in [-0.15, -0.1) is 0 Å². The molecule has 0 aliphatic heterocycles. The summed E-state index contributed by atoms with van der Waals surface area (Å²) in [6.07, 6.45) is 3.54. The molecule has 0 fully saturated rings. The van der Waals surface area contributed by atoms with Gasteiger partial charge in [0.15, 0.2) is 11.5 Å². The molecule has 3 aromatic rings. The number of fused-ring (bicyclic) bond motifs is 1. The predicted molar refractivity (Wildman–Crippen MR) is 80.8 cm³/mol. The Labute approximate surface area is 122 Å². The Morgan fingerprint density at radius 3 is 2.71 bits per heavy atom. The smallest absolute Gasteiger partial charge is 0.163 e. The van der Waals surface area contributed by atoms with Crippen molar-refractivity contribution < 1.29 is 0 Å². The lowest BCUT2D eigenvalue weighted by atomic mass is 10.2. The minimum absolute atomic E-state index is 0.462. The average Bonchev–Trinajstić information content (AvgIpc) is 3.03. The van der Waals surface area contributed by atoms with Gasteiger partial charge in [0.05, 0.1) is 17.3 Å². The molecule has 0 amide bonds. The third-order valence-corrected chi connectivity index (χ3v) is 3.60. The number of anilines is 1. The van der Waals surface area contributed by atoms with Gasteiger partial charge in [-0.3, -0.25) is 9.36 Å². The van der Waals surface area contributed by atoms with Crippen LogP contribution in [-0.2, 0) is 26.4 Å². The van der Waals surface area contributed by atoms with Gasteiger partial charge in [0.2, 0.25) is 0 Å². The van der Waals surface area contributed by atoms with Crippen molar-refractivity contribution in [3.63, 3.8) is 0 Å². The van der Waals surface area contributed by atoms with Gasteiger partial charge in [0.25, 0.3) is 0 Å². The summed E-state index contributed by atoms with van der Waals surface area (Å²) in [5.41, 5.74) is 9.00. The summed E-state index contributed by atoms with van der Waals surface area (Å²) in [7, 11) is 1.85. The maximum atomic E-state index is 5.99. The average molecular weight is 285 g/mol.